The summed E-state index contributed by atoms with van der Waals surface area (Å²) in [5.74, 6) is -0.693. The summed E-state index contributed by atoms with van der Waals surface area (Å²) in [6, 6.07) is 3.14. The average molecular weight is 252 g/mol. The molecule has 1 aromatic carbocycles. The van der Waals surface area contributed by atoms with Crippen LogP contribution in [0.1, 0.15) is 12.8 Å². The van der Waals surface area contributed by atoms with Crippen LogP contribution < -0.4 is 4.90 Å². The third-order valence-electron chi connectivity index (χ3n) is 3.47. The Balaban J connectivity index is 1.78. The first-order valence-electron chi connectivity index (χ1n) is 6.16. The Morgan fingerprint density at radius 1 is 1.22 bits per heavy atom. The summed E-state index contributed by atoms with van der Waals surface area (Å²) in [7, 11) is 0. The van der Waals surface area contributed by atoms with Gasteiger partial charge in [-0.1, -0.05) is 0 Å². The van der Waals surface area contributed by atoms with E-state index in [4.69, 9.17) is 0 Å². The molecule has 0 unspecified atom stereocenters. The molecule has 0 radical (unpaired) electrons. The van der Waals surface area contributed by atoms with Gasteiger partial charge in [0.25, 0.3) is 0 Å². The van der Waals surface area contributed by atoms with Crippen molar-refractivity contribution < 1.29 is 13.6 Å². The van der Waals surface area contributed by atoms with Gasteiger partial charge < -0.3 is 4.90 Å². The van der Waals surface area contributed by atoms with Crippen molar-refractivity contribution in [1.29, 1.82) is 0 Å². The second kappa shape index (κ2) is 4.23. The summed E-state index contributed by atoms with van der Waals surface area (Å²) in [4.78, 5) is 15.2. The van der Waals surface area contributed by atoms with Crippen LogP contribution in [0.25, 0.3) is 0 Å². The molecule has 96 valence electrons. The highest BCUT2D eigenvalue weighted by Gasteiger charge is 2.34. The van der Waals surface area contributed by atoms with E-state index in [0.717, 1.165) is 12.6 Å². The Morgan fingerprint density at radius 3 is 2.67 bits per heavy atom. The highest BCUT2D eigenvalue weighted by molar-refractivity contribution is 5.94. The van der Waals surface area contributed by atoms with Gasteiger partial charge in [0.05, 0.1) is 5.69 Å². The van der Waals surface area contributed by atoms with E-state index in [2.05, 4.69) is 0 Å². The Bertz CT molecular complexity index is 488. The van der Waals surface area contributed by atoms with Crippen LogP contribution in [-0.4, -0.2) is 30.6 Å². The predicted octanol–water partition coefficient (Wildman–Crippen LogP) is 2.62. The number of carbonyl (C=O) groups excluding carboxylic acids is 1. The van der Waals surface area contributed by atoms with E-state index in [1.165, 1.54) is 29.9 Å². The summed E-state index contributed by atoms with van der Waals surface area (Å²) >= 11 is 0. The van der Waals surface area contributed by atoms with E-state index in [-0.39, 0.29) is 11.7 Å². The second-order valence-corrected chi connectivity index (χ2v) is 4.92. The SMILES string of the molecule is O=C1N(CC2CC2)CCN1c1ccc(F)cc1F. The van der Waals surface area contributed by atoms with Gasteiger partial charge in [-0.3, -0.25) is 4.90 Å². The lowest BCUT2D eigenvalue weighted by Gasteiger charge is -2.19. The van der Waals surface area contributed by atoms with Crippen LogP contribution >= 0.6 is 0 Å². The van der Waals surface area contributed by atoms with E-state index in [1.807, 2.05) is 0 Å². The number of anilines is 1. The maximum absolute atomic E-state index is 13.6. The third kappa shape index (κ3) is 2.05. The molecule has 0 atom stereocenters. The van der Waals surface area contributed by atoms with E-state index in [1.54, 1.807) is 4.90 Å². The molecule has 0 bridgehead atoms. The smallest absolute Gasteiger partial charge is 0.322 e. The molecular formula is C13H14F2N2O. The van der Waals surface area contributed by atoms with E-state index < -0.39 is 11.6 Å². The van der Waals surface area contributed by atoms with Crippen LogP contribution in [0.4, 0.5) is 19.3 Å². The molecule has 2 fully saturated rings. The third-order valence-corrected chi connectivity index (χ3v) is 3.47. The average Bonchev–Trinajstić information content (AvgIpc) is 3.07. The fraction of sp³-hybridized carbons (Fsp3) is 0.462. The molecular weight excluding hydrogens is 238 g/mol. The molecule has 2 amide bonds. The number of rotatable bonds is 3. The van der Waals surface area contributed by atoms with Crippen molar-refractivity contribution in [3.8, 4) is 0 Å². The zero-order valence-corrected chi connectivity index (χ0v) is 9.90. The van der Waals surface area contributed by atoms with Gasteiger partial charge >= 0.3 is 6.03 Å². The lowest BCUT2D eigenvalue weighted by atomic mass is 10.3. The molecule has 1 saturated heterocycles. The largest absolute Gasteiger partial charge is 0.324 e. The van der Waals surface area contributed by atoms with Gasteiger partial charge in [-0.05, 0) is 30.9 Å². The van der Waals surface area contributed by atoms with Crippen LogP contribution in [0.15, 0.2) is 18.2 Å². The number of benzene rings is 1. The van der Waals surface area contributed by atoms with Gasteiger partial charge in [0, 0.05) is 25.7 Å². The molecule has 0 N–H and O–H groups in total. The second-order valence-electron chi connectivity index (χ2n) is 4.92. The first-order chi connectivity index (χ1) is 8.65. The van der Waals surface area contributed by atoms with Crippen LogP contribution in [0, 0.1) is 17.6 Å². The number of carbonyl (C=O) groups is 1. The summed E-state index contributed by atoms with van der Waals surface area (Å²) in [6.45, 7) is 1.85. The van der Waals surface area contributed by atoms with Gasteiger partial charge in [0.2, 0.25) is 0 Å². The molecule has 1 aromatic rings. The Kier molecular flexibility index (Phi) is 2.69. The lowest BCUT2D eigenvalue weighted by molar-refractivity contribution is 0.218. The van der Waals surface area contributed by atoms with Crippen molar-refractivity contribution >= 4 is 11.7 Å². The highest BCUT2D eigenvalue weighted by atomic mass is 19.1. The lowest BCUT2D eigenvalue weighted by Crippen LogP contribution is -2.33. The van der Waals surface area contributed by atoms with Gasteiger partial charge in [0.15, 0.2) is 0 Å². The molecule has 0 spiro atoms. The minimum Gasteiger partial charge on any atom is -0.322 e. The van der Waals surface area contributed by atoms with Gasteiger partial charge in [0.1, 0.15) is 11.6 Å². The van der Waals surface area contributed by atoms with Gasteiger partial charge in [-0.2, -0.15) is 0 Å². The Hall–Kier alpha value is -1.65. The summed E-state index contributed by atoms with van der Waals surface area (Å²) in [5.41, 5.74) is 0.166. The molecule has 1 aliphatic carbocycles. The molecule has 3 rings (SSSR count). The topological polar surface area (TPSA) is 23.6 Å². The summed E-state index contributed by atoms with van der Waals surface area (Å²) < 4.78 is 26.5. The molecule has 1 aliphatic heterocycles. The maximum Gasteiger partial charge on any atom is 0.324 e. The molecule has 2 aliphatic rings. The molecule has 1 heterocycles. The number of urea groups is 1. The minimum atomic E-state index is -0.684. The summed E-state index contributed by atoms with van der Waals surface area (Å²) in [6.07, 6.45) is 2.35. The monoisotopic (exact) mass is 252 g/mol. The molecule has 0 aromatic heterocycles. The number of halogens is 2. The standard InChI is InChI=1S/C13H14F2N2O/c14-10-3-4-12(11(15)7-10)17-6-5-16(13(17)18)8-9-1-2-9/h3-4,7,9H,1-2,5-6,8H2. The maximum atomic E-state index is 13.6. The van der Waals surface area contributed by atoms with Crippen molar-refractivity contribution in [3.05, 3.63) is 29.8 Å². The molecule has 3 nitrogen and oxygen atoms in total. The Labute approximate surface area is 104 Å². The molecule has 1 saturated carbocycles. The van der Waals surface area contributed by atoms with Crippen LogP contribution in [0.5, 0.6) is 0 Å². The van der Waals surface area contributed by atoms with Crippen molar-refractivity contribution in [2.75, 3.05) is 24.5 Å². The quantitative estimate of drug-likeness (QED) is 0.811. The number of hydrogen-bond acceptors (Lipinski definition) is 1. The Morgan fingerprint density at radius 2 is 2.00 bits per heavy atom. The zero-order valence-electron chi connectivity index (χ0n) is 9.90. The normalized spacial score (nSPS) is 19.8. The fourth-order valence-corrected chi connectivity index (χ4v) is 2.29. The van der Waals surface area contributed by atoms with Crippen molar-refractivity contribution in [2.45, 2.75) is 12.8 Å². The molecule has 18 heavy (non-hydrogen) atoms. The minimum absolute atomic E-state index is 0.166. The number of nitrogens with zero attached hydrogens (tertiary/aromatic N) is 2. The van der Waals surface area contributed by atoms with E-state index in [0.29, 0.717) is 19.0 Å². The van der Waals surface area contributed by atoms with Crippen LogP contribution in [0.2, 0.25) is 0 Å². The number of amides is 2. The number of hydrogen-bond donors (Lipinski definition) is 0. The summed E-state index contributed by atoms with van der Waals surface area (Å²) in [5, 5.41) is 0. The van der Waals surface area contributed by atoms with E-state index >= 15 is 0 Å². The van der Waals surface area contributed by atoms with E-state index in [9.17, 15) is 13.6 Å². The van der Waals surface area contributed by atoms with Crippen LogP contribution in [0.3, 0.4) is 0 Å². The first-order valence-corrected chi connectivity index (χ1v) is 6.16. The first kappa shape index (κ1) is 11.4. The predicted molar refractivity (Wildman–Crippen MR) is 63.4 cm³/mol. The zero-order chi connectivity index (χ0) is 12.7. The fourth-order valence-electron chi connectivity index (χ4n) is 2.29. The molecule has 5 heteroatoms. The van der Waals surface area contributed by atoms with Gasteiger partial charge in [-0.25, -0.2) is 13.6 Å². The van der Waals surface area contributed by atoms with Crippen molar-refractivity contribution in [1.82, 2.24) is 4.90 Å². The van der Waals surface area contributed by atoms with Crippen molar-refractivity contribution in [3.63, 3.8) is 0 Å². The van der Waals surface area contributed by atoms with Crippen molar-refractivity contribution in [2.24, 2.45) is 5.92 Å². The van der Waals surface area contributed by atoms with Crippen LogP contribution in [-0.2, 0) is 0 Å². The highest BCUT2D eigenvalue weighted by Crippen LogP contribution is 2.32. The van der Waals surface area contributed by atoms with Gasteiger partial charge in [-0.15, -0.1) is 0 Å².